The van der Waals surface area contributed by atoms with Gasteiger partial charge in [0.05, 0.1) is 18.7 Å². The fraction of sp³-hybridized carbons (Fsp3) is 0.278. The van der Waals surface area contributed by atoms with Crippen LogP contribution in [0.25, 0.3) is 0 Å². The molecule has 4 heteroatoms. The van der Waals surface area contributed by atoms with Gasteiger partial charge in [-0.25, -0.2) is 4.39 Å². The zero-order valence-corrected chi connectivity index (χ0v) is 12.4. The molecule has 2 aromatic rings. The highest BCUT2D eigenvalue weighted by Gasteiger charge is 2.33. The van der Waals surface area contributed by atoms with Gasteiger partial charge in [-0.1, -0.05) is 24.3 Å². The summed E-state index contributed by atoms with van der Waals surface area (Å²) in [4.78, 5) is 12.3. The first kappa shape index (κ1) is 14.6. The van der Waals surface area contributed by atoms with Gasteiger partial charge in [0.1, 0.15) is 11.6 Å². The van der Waals surface area contributed by atoms with Crippen molar-refractivity contribution >= 4 is 5.91 Å². The van der Waals surface area contributed by atoms with Gasteiger partial charge in [-0.05, 0) is 48.6 Å². The molecule has 3 nitrogen and oxygen atoms in total. The smallest absolute Gasteiger partial charge is 0.254 e. The van der Waals surface area contributed by atoms with Crippen LogP contribution in [0.5, 0.6) is 5.75 Å². The number of carbonyl (C=O) groups excluding carboxylic acids is 1. The van der Waals surface area contributed by atoms with Crippen molar-refractivity contribution in [1.29, 1.82) is 0 Å². The lowest BCUT2D eigenvalue weighted by molar-refractivity contribution is 0.0927. The number of ether oxygens (including phenoxy) is 1. The van der Waals surface area contributed by atoms with Crippen molar-refractivity contribution < 1.29 is 13.9 Å². The second kappa shape index (κ2) is 6.18. The van der Waals surface area contributed by atoms with Crippen molar-refractivity contribution in [3.8, 4) is 5.75 Å². The average molecular weight is 299 g/mol. The molecule has 0 radical (unpaired) electrons. The molecule has 0 aromatic heterocycles. The van der Waals surface area contributed by atoms with Crippen LogP contribution in [-0.2, 0) is 0 Å². The second-order valence-corrected chi connectivity index (χ2v) is 5.54. The molecule has 1 aliphatic carbocycles. The van der Waals surface area contributed by atoms with Crippen LogP contribution in [0.15, 0.2) is 48.5 Å². The summed E-state index contributed by atoms with van der Waals surface area (Å²) >= 11 is 0. The minimum absolute atomic E-state index is 0.0849. The van der Waals surface area contributed by atoms with Crippen molar-refractivity contribution in [3.05, 3.63) is 65.5 Å². The first-order valence-corrected chi connectivity index (χ1v) is 7.38. The van der Waals surface area contributed by atoms with E-state index in [1.165, 1.54) is 12.1 Å². The average Bonchev–Trinajstić information content (AvgIpc) is 3.38. The van der Waals surface area contributed by atoms with E-state index in [9.17, 15) is 9.18 Å². The molecule has 0 bridgehead atoms. The van der Waals surface area contributed by atoms with Crippen molar-refractivity contribution in [2.24, 2.45) is 5.92 Å². The predicted octanol–water partition coefficient (Wildman–Crippen LogP) is 3.72. The maximum absolute atomic E-state index is 13.7. The Kier molecular flexibility index (Phi) is 4.09. The Morgan fingerprint density at radius 1 is 1.18 bits per heavy atom. The van der Waals surface area contributed by atoms with Crippen LogP contribution in [0.3, 0.4) is 0 Å². The maximum atomic E-state index is 13.7. The Balaban J connectivity index is 1.80. The number of carbonyl (C=O) groups is 1. The number of nitrogens with one attached hydrogen (secondary N) is 1. The van der Waals surface area contributed by atoms with Crippen LogP contribution in [-0.4, -0.2) is 13.0 Å². The summed E-state index contributed by atoms with van der Waals surface area (Å²) in [5, 5.41) is 2.97. The van der Waals surface area contributed by atoms with Gasteiger partial charge in [-0.2, -0.15) is 0 Å². The molecule has 0 saturated heterocycles. The Hall–Kier alpha value is -2.36. The molecule has 22 heavy (non-hydrogen) atoms. The lowest BCUT2D eigenvalue weighted by Crippen LogP contribution is -2.30. The predicted molar refractivity (Wildman–Crippen MR) is 82.3 cm³/mol. The van der Waals surface area contributed by atoms with E-state index in [1.54, 1.807) is 19.2 Å². The highest BCUT2D eigenvalue weighted by atomic mass is 19.1. The Labute approximate surface area is 129 Å². The van der Waals surface area contributed by atoms with Crippen molar-refractivity contribution in [3.63, 3.8) is 0 Å². The molecule has 1 amide bonds. The third-order valence-electron chi connectivity index (χ3n) is 3.97. The maximum Gasteiger partial charge on any atom is 0.254 e. The molecule has 2 aromatic carbocycles. The van der Waals surface area contributed by atoms with Crippen molar-refractivity contribution in [2.75, 3.05) is 7.11 Å². The lowest BCUT2D eigenvalue weighted by Gasteiger charge is -2.19. The molecule has 1 atom stereocenters. The molecule has 0 spiro atoms. The molecule has 1 N–H and O–H groups in total. The van der Waals surface area contributed by atoms with E-state index in [0.29, 0.717) is 5.92 Å². The number of hydrogen-bond donors (Lipinski definition) is 1. The second-order valence-electron chi connectivity index (χ2n) is 5.54. The van der Waals surface area contributed by atoms with E-state index in [-0.39, 0.29) is 17.5 Å². The van der Waals surface area contributed by atoms with Crippen molar-refractivity contribution in [2.45, 2.75) is 18.9 Å². The standard InChI is InChI=1S/C18H18FNO2/c1-22-14-10-8-13(9-11-14)17(12-6-7-12)20-18(21)15-4-2-3-5-16(15)19/h2-5,8-12,17H,6-7H2,1H3,(H,20,21). The summed E-state index contributed by atoms with van der Waals surface area (Å²) in [6.45, 7) is 0. The molecule has 1 unspecified atom stereocenters. The van der Waals surface area contributed by atoms with Gasteiger partial charge in [0.15, 0.2) is 0 Å². The van der Waals surface area contributed by atoms with Crippen LogP contribution < -0.4 is 10.1 Å². The summed E-state index contributed by atoms with van der Waals surface area (Å²) in [5.74, 6) is 0.331. The molecule has 0 aliphatic heterocycles. The monoisotopic (exact) mass is 299 g/mol. The minimum Gasteiger partial charge on any atom is -0.497 e. The van der Waals surface area contributed by atoms with E-state index in [2.05, 4.69) is 5.32 Å². The van der Waals surface area contributed by atoms with Crippen LogP contribution in [0, 0.1) is 11.7 Å². The number of methoxy groups -OCH3 is 1. The molecule has 3 rings (SSSR count). The van der Waals surface area contributed by atoms with Gasteiger partial charge in [0.25, 0.3) is 5.91 Å². The zero-order chi connectivity index (χ0) is 15.5. The number of halogens is 1. The van der Waals surface area contributed by atoms with E-state index in [1.807, 2.05) is 24.3 Å². The molecular weight excluding hydrogens is 281 g/mol. The topological polar surface area (TPSA) is 38.3 Å². The van der Waals surface area contributed by atoms with Crippen LogP contribution in [0.2, 0.25) is 0 Å². The largest absolute Gasteiger partial charge is 0.497 e. The Morgan fingerprint density at radius 2 is 1.86 bits per heavy atom. The summed E-state index contributed by atoms with van der Waals surface area (Å²) in [7, 11) is 1.62. The van der Waals surface area contributed by atoms with Gasteiger partial charge in [-0.15, -0.1) is 0 Å². The minimum atomic E-state index is -0.496. The molecule has 114 valence electrons. The van der Waals surface area contributed by atoms with Crippen LogP contribution in [0.4, 0.5) is 4.39 Å². The van der Waals surface area contributed by atoms with E-state index < -0.39 is 5.82 Å². The third-order valence-corrected chi connectivity index (χ3v) is 3.97. The van der Waals surface area contributed by atoms with E-state index >= 15 is 0 Å². The van der Waals surface area contributed by atoms with Gasteiger partial charge >= 0.3 is 0 Å². The lowest BCUT2D eigenvalue weighted by atomic mass is 10.0. The summed E-state index contributed by atoms with van der Waals surface area (Å²) in [6.07, 6.45) is 2.16. The Bertz CT molecular complexity index is 665. The molecular formula is C18H18FNO2. The fourth-order valence-corrected chi connectivity index (χ4v) is 2.58. The number of benzene rings is 2. The molecule has 1 fully saturated rings. The summed E-state index contributed by atoms with van der Waals surface area (Å²) < 4.78 is 18.9. The number of amides is 1. The zero-order valence-electron chi connectivity index (χ0n) is 12.4. The van der Waals surface area contributed by atoms with E-state index in [0.717, 1.165) is 24.2 Å². The molecule has 0 heterocycles. The number of rotatable bonds is 5. The normalized spacial score (nSPS) is 15.2. The van der Waals surface area contributed by atoms with Crippen LogP contribution in [0.1, 0.15) is 34.8 Å². The van der Waals surface area contributed by atoms with Gasteiger partial charge in [-0.3, -0.25) is 4.79 Å². The van der Waals surface area contributed by atoms with Gasteiger partial charge < -0.3 is 10.1 Å². The highest BCUT2D eigenvalue weighted by molar-refractivity contribution is 5.94. The van der Waals surface area contributed by atoms with Crippen LogP contribution >= 0.6 is 0 Å². The first-order valence-electron chi connectivity index (χ1n) is 7.38. The number of hydrogen-bond acceptors (Lipinski definition) is 2. The quantitative estimate of drug-likeness (QED) is 0.914. The SMILES string of the molecule is COc1ccc(C(NC(=O)c2ccccc2F)C2CC2)cc1. The first-order chi connectivity index (χ1) is 10.7. The molecule has 1 saturated carbocycles. The van der Waals surface area contributed by atoms with E-state index in [4.69, 9.17) is 4.74 Å². The van der Waals surface area contributed by atoms with Crippen molar-refractivity contribution in [1.82, 2.24) is 5.32 Å². The fourth-order valence-electron chi connectivity index (χ4n) is 2.58. The van der Waals surface area contributed by atoms with Gasteiger partial charge in [0, 0.05) is 0 Å². The third kappa shape index (κ3) is 3.11. The highest BCUT2D eigenvalue weighted by Crippen LogP contribution is 2.41. The molecule has 1 aliphatic rings. The summed E-state index contributed by atoms with van der Waals surface area (Å²) in [6, 6.07) is 13.6. The summed E-state index contributed by atoms with van der Waals surface area (Å²) in [5.41, 5.74) is 1.11. The van der Waals surface area contributed by atoms with Gasteiger partial charge in [0.2, 0.25) is 0 Å². The Morgan fingerprint density at radius 3 is 2.45 bits per heavy atom.